The van der Waals surface area contributed by atoms with Gasteiger partial charge in [-0.3, -0.25) is 4.68 Å². The van der Waals surface area contributed by atoms with E-state index in [-0.39, 0.29) is 0 Å². The number of nitrogens with one attached hydrogen (secondary N) is 1. The van der Waals surface area contributed by atoms with Gasteiger partial charge in [0, 0.05) is 31.2 Å². The van der Waals surface area contributed by atoms with E-state index in [1.165, 1.54) is 25.7 Å². The van der Waals surface area contributed by atoms with E-state index < -0.39 is 0 Å². The molecule has 1 fully saturated rings. The molecule has 2 atom stereocenters. The third kappa shape index (κ3) is 2.36. The molecule has 2 aromatic heterocycles. The first-order chi connectivity index (χ1) is 10.8. The van der Waals surface area contributed by atoms with Crippen LogP contribution in [0.4, 0.5) is 5.69 Å². The number of fused-ring (bicyclic) bond motifs is 1. The quantitative estimate of drug-likeness (QED) is 0.806. The Balaban J connectivity index is 1.59. The predicted molar refractivity (Wildman–Crippen MR) is 87.9 cm³/mol. The van der Waals surface area contributed by atoms with Gasteiger partial charge in [0.05, 0.1) is 23.4 Å². The number of imidazole rings is 1. The summed E-state index contributed by atoms with van der Waals surface area (Å²) in [5.41, 5.74) is 3.35. The van der Waals surface area contributed by atoms with Gasteiger partial charge in [-0.15, -0.1) is 0 Å². The fourth-order valence-electron chi connectivity index (χ4n) is 3.51. The Labute approximate surface area is 130 Å². The maximum Gasteiger partial charge on any atom is 0.0955 e. The average molecular weight is 295 g/mol. The topological polar surface area (TPSA) is 47.7 Å². The van der Waals surface area contributed by atoms with Crippen molar-refractivity contribution in [1.82, 2.24) is 19.3 Å². The number of anilines is 1. The molecular weight excluding hydrogens is 274 g/mol. The van der Waals surface area contributed by atoms with Crippen LogP contribution in [0.25, 0.3) is 11.0 Å². The van der Waals surface area contributed by atoms with Crippen LogP contribution < -0.4 is 5.32 Å². The first kappa shape index (κ1) is 13.4. The highest BCUT2D eigenvalue weighted by Gasteiger charge is 2.26. The maximum atomic E-state index is 4.45. The Kier molecular flexibility index (Phi) is 3.33. The molecule has 0 bridgehead atoms. The Hall–Kier alpha value is -2.30. The van der Waals surface area contributed by atoms with Crippen molar-refractivity contribution in [3.63, 3.8) is 0 Å². The Morgan fingerprint density at radius 1 is 1.23 bits per heavy atom. The molecule has 0 amide bonds. The second-order valence-electron chi connectivity index (χ2n) is 6.15. The van der Waals surface area contributed by atoms with E-state index in [1.807, 2.05) is 30.2 Å². The standard InChI is InChI=1S/C17H21N5/c1-21-12-18-15-11-13(7-8-16(15)21)20-14-5-2-3-6-17(14)22-10-4-9-19-22/h4,7-12,14,17,20H,2-3,5-6H2,1H3. The van der Waals surface area contributed by atoms with Crippen molar-refractivity contribution < 1.29 is 0 Å². The van der Waals surface area contributed by atoms with Crippen LogP contribution in [0.1, 0.15) is 31.7 Å². The fraction of sp³-hybridized carbons (Fsp3) is 0.412. The summed E-state index contributed by atoms with van der Waals surface area (Å²) in [5, 5.41) is 8.16. The minimum absolute atomic E-state index is 0.426. The van der Waals surface area contributed by atoms with Crippen LogP contribution in [0.5, 0.6) is 0 Å². The first-order valence-electron chi connectivity index (χ1n) is 7.98. The lowest BCUT2D eigenvalue weighted by Gasteiger charge is -2.33. The van der Waals surface area contributed by atoms with E-state index in [0.717, 1.165) is 16.7 Å². The summed E-state index contributed by atoms with van der Waals surface area (Å²) in [7, 11) is 2.03. The molecule has 4 rings (SSSR count). The zero-order valence-electron chi connectivity index (χ0n) is 12.8. The van der Waals surface area contributed by atoms with Gasteiger partial charge in [-0.1, -0.05) is 12.8 Å². The lowest BCUT2D eigenvalue weighted by atomic mass is 9.90. The fourth-order valence-corrected chi connectivity index (χ4v) is 3.51. The van der Waals surface area contributed by atoms with Gasteiger partial charge < -0.3 is 9.88 Å². The second kappa shape index (κ2) is 5.48. The van der Waals surface area contributed by atoms with Gasteiger partial charge in [0.15, 0.2) is 0 Å². The number of aromatic nitrogens is 4. The lowest BCUT2D eigenvalue weighted by Crippen LogP contribution is -2.34. The molecule has 5 heteroatoms. The SMILES string of the molecule is Cn1cnc2cc(NC3CCCCC3n3cccn3)ccc21. The van der Waals surface area contributed by atoms with Crippen LogP contribution in [0.3, 0.4) is 0 Å². The minimum Gasteiger partial charge on any atom is -0.380 e. The highest BCUT2D eigenvalue weighted by atomic mass is 15.3. The monoisotopic (exact) mass is 295 g/mol. The molecule has 3 aromatic rings. The third-order valence-electron chi connectivity index (χ3n) is 4.67. The summed E-state index contributed by atoms with van der Waals surface area (Å²) >= 11 is 0. The average Bonchev–Trinajstić information content (AvgIpc) is 3.18. The van der Waals surface area contributed by atoms with Gasteiger partial charge in [-0.05, 0) is 37.1 Å². The van der Waals surface area contributed by atoms with Crippen molar-refractivity contribution in [2.75, 3.05) is 5.32 Å². The molecule has 5 nitrogen and oxygen atoms in total. The first-order valence-corrected chi connectivity index (χ1v) is 7.98. The summed E-state index contributed by atoms with van der Waals surface area (Å²) < 4.78 is 4.16. The highest BCUT2D eigenvalue weighted by molar-refractivity contribution is 5.79. The number of benzene rings is 1. The molecule has 1 aromatic carbocycles. The molecule has 2 heterocycles. The molecule has 114 valence electrons. The molecular formula is C17H21N5. The smallest absolute Gasteiger partial charge is 0.0955 e. The lowest BCUT2D eigenvalue weighted by molar-refractivity contribution is 0.301. The van der Waals surface area contributed by atoms with E-state index in [0.29, 0.717) is 12.1 Å². The van der Waals surface area contributed by atoms with Crippen LogP contribution in [-0.4, -0.2) is 25.4 Å². The third-order valence-corrected chi connectivity index (χ3v) is 4.67. The highest BCUT2D eigenvalue weighted by Crippen LogP contribution is 2.31. The van der Waals surface area contributed by atoms with Crippen LogP contribution in [0, 0.1) is 0 Å². The zero-order chi connectivity index (χ0) is 14.9. The summed E-state index contributed by atoms with van der Waals surface area (Å²) in [6.45, 7) is 0. The zero-order valence-corrected chi connectivity index (χ0v) is 12.8. The Morgan fingerprint density at radius 2 is 2.14 bits per heavy atom. The summed E-state index contributed by atoms with van der Waals surface area (Å²) in [6.07, 6.45) is 10.7. The molecule has 0 saturated heterocycles. The normalized spacial score (nSPS) is 22.0. The van der Waals surface area contributed by atoms with Crippen LogP contribution >= 0.6 is 0 Å². The van der Waals surface area contributed by atoms with E-state index in [1.54, 1.807) is 0 Å². The molecule has 2 unspecified atom stereocenters. The van der Waals surface area contributed by atoms with Gasteiger partial charge in [-0.25, -0.2) is 4.98 Å². The second-order valence-corrected chi connectivity index (χ2v) is 6.15. The van der Waals surface area contributed by atoms with Crippen molar-refractivity contribution in [2.24, 2.45) is 7.05 Å². The van der Waals surface area contributed by atoms with Crippen LogP contribution in [0.15, 0.2) is 43.0 Å². The summed E-state index contributed by atoms with van der Waals surface area (Å²) in [5.74, 6) is 0. The summed E-state index contributed by atoms with van der Waals surface area (Å²) in [6, 6.07) is 9.29. The Morgan fingerprint density at radius 3 is 3.00 bits per heavy atom. The molecule has 0 spiro atoms. The van der Waals surface area contributed by atoms with E-state index in [2.05, 4.69) is 44.5 Å². The van der Waals surface area contributed by atoms with E-state index >= 15 is 0 Å². The largest absolute Gasteiger partial charge is 0.380 e. The van der Waals surface area contributed by atoms with Gasteiger partial charge >= 0.3 is 0 Å². The predicted octanol–water partition coefficient (Wildman–Crippen LogP) is 3.37. The van der Waals surface area contributed by atoms with E-state index in [4.69, 9.17) is 0 Å². The van der Waals surface area contributed by atoms with Crippen molar-refractivity contribution >= 4 is 16.7 Å². The molecule has 1 saturated carbocycles. The number of aryl methyl sites for hydroxylation is 1. The summed E-state index contributed by atoms with van der Waals surface area (Å²) in [4.78, 5) is 4.45. The van der Waals surface area contributed by atoms with Gasteiger partial charge in [0.2, 0.25) is 0 Å². The van der Waals surface area contributed by atoms with Crippen molar-refractivity contribution in [1.29, 1.82) is 0 Å². The van der Waals surface area contributed by atoms with Crippen LogP contribution in [-0.2, 0) is 7.05 Å². The van der Waals surface area contributed by atoms with Gasteiger partial charge in [0.1, 0.15) is 0 Å². The van der Waals surface area contributed by atoms with Gasteiger partial charge in [-0.2, -0.15) is 5.10 Å². The molecule has 0 aliphatic heterocycles. The number of hydrogen-bond donors (Lipinski definition) is 1. The van der Waals surface area contributed by atoms with Crippen molar-refractivity contribution in [2.45, 2.75) is 37.8 Å². The molecule has 1 N–H and O–H groups in total. The van der Waals surface area contributed by atoms with Crippen LogP contribution in [0.2, 0.25) is 0 Å². The minimum atomic E-state index is 0.426. The number of hydrogen-bond acceptors (Lipinski definition) is 3. The molecule has 0 radical (unpaired) electrons. The maximum absolute atomic E-state index is 4.45. The molecule has 1 aliphatic rings. The van der Waals surface area contributed by atoms with Crippen molar-refractivity contribution in [3.8, 4) is 0 Å². The van der Waals surface area contributed by atoms with Gasteiger partial charge in [0.25, 0.3) is 0 Å². The molecule has 22 heavy (non-hydrogen) atoms. The number of nitrogens with zero attached hydrogens (tertiary/aromatic N) is 4. The number of rotatable bonds is 3. The van der Waals surface area contributed by atoms with E-state index in [9.17, 15) is 0 Å². The molecule has 1 aliphatic carbocycles. The Bertz CT molecular complexity index is 759. The van der Waals surface area contributed by atoms with Crippen molar-refractivity contribution in [3.05, 3.63) is 43.0 Å².